The van der Waals surface area contributed by atoms with Crippen molar-refractivity contribution in [2.24, 2.45) is 0 Å². The molecule has 0 saturated carbocycles. The van der Waals surface area contributed by atoms with Crippen LogP contribution in [0.2, 0.25) is 0 Å². The third-order valence-corrected chi connectivity index (χ3v) is 3.84. The molecule has 0 aliphatic rings. The molecule has 0 aliphatic carbocycles. The maximum Gasteiger partial charge on any atom is 0.166 e. The minimum Gasteiger partial charge on any atom is -0.363 e. The first kappa shape index (κ1) is 25.6. The molecule has 0 aliphatic heterocycles. The monoisotopic (exact) mass is 376 g/mol. The highest BCUT2D eigenvalue weighted by atomic mass is 32.1. The summed E-state index contributed by atoms with van der Waals surface area (Å²) in [7, 11) is 0. The number of unbranched alkanes of at least 4 members (excludes halogenated alkanes) is 4. The zero-order valence-corrected chi connectivity index (χ0v) is 17.9. The minimum absolute atomic E-state index is 0.803. The van der Waals surface area contributed by atoms with Gasteiger partial charge in [0.1, 0.15) is 0 Å². The van der Waals surface area contributed by atoms with Crippen LogP contribution < -0.4 is 21.3 Å². The molecule has 0 saturated heterocycles. The van der Waals surface area contributed by atoms with E-state index in [0.29, 0.717) is 0 Å². The summed E-state index contributed by atoms with van der Waals surface area (Å²) in [6.45, 7) is 12.7. The Balaban J connectivity index is 0. The molecular weight excluding hydrogens is 336 g/mol. The maximum absolute atomic E-state index is 5.06. The number of rotatable bonds is 12. The lowest BCUT2D eigenvalue weighted by Crippen LogP contribution is -2.36. The van der Waals surface area contributed by atoms with E-state index in [2.05, 4.69) is 49.0 Å². The van der Waals surface area contributed by atoms with Crippen LogP contribution >= 0.6 is 24.4 Å². The van der Waals surface area contributed by atoms with E-state index >= 15 is 0 Å². The Morgan fingerprint density at radius 1 is 0.500 bits per heavy atom. The molecule has 0 rings (SSSR count). The molecule has 4 N–H and O–H groups in total. The van der Waals surface area contributed by atoms with Gasteiger partial charge in [-0.3, -0.25) is 0 Å². The Kier molecular flexibility index (Phi) is 23.9. The molecular formula is C18H40N4S2. The van der Waals surface area contributed by atoms with E-state index in [4.69, 9.17) is 24.4 Å². The molecule has 0 aromatic carbocycles. The molecule has 0 aromatic rings. The third-order valence-electron chi connectivity index (χ3n) is 3.26. The smallest absolute Gasteiger partial charge is 0.166 e. The lowest BCUT2D eigenvalue weighted by Gasteiger charge is -2.08. The second kappa shape index (κ2) is 22.4. The van der Waals surface area contributed by atoms with Gasteiger partial charge in [-0.25, -0.2) is 0 Å². The maximum atomic E-state index is 5.06. The van der Waals surface area contributed by atoms with Crippen LogP contribution in [0.1, 0.15) is 79.1 Å². The summed E-state index contributed by atoms with van der Waals surface area (Å²) in [5.74, 6) is 0. The molecule has 6 heteroatoms. The minimum atomic E-state index is 0.803. The molecule has 0 atom stereocenters. The van der Waals surface area contributed by atoms with E-state index in [0.717, 1.165) is 36.4 Å². The van der Waals surface area contributed by atoms with Gasteiger partial charge in [0.05, 0.1) is 0 Å². The van der Waals surface area contributed by atoms with Gasteiger partial charge in [-0.05, 0) is 50.1 Å². The van der Waals surface area contributed by atoms with Crippen molar-refractivity contribution in [1.29, 1.82) is 0 Å². The van der Waals surface area contributed by atoms with Crippen LogP contribution in [0.4, 0.5) is 0 Å². The topological polar surface area (TPSA) is 48.1 Å². The fourth-order valence-electron chi connectivity index (χ4n) is 1.64. The molecule has 0 aromatic heterocycles. The zero-order chi connectivity index (χ0) is 18.5. The summed E-state index contributed by atoms with van der Waals surface area (Å²) in [5, 5.41) is 14.3. The van der Waals surface area contributed by atoms with Gasteiger partial charge >= 0.3 is 0 Å². The van der Waals surface area contributed by atoms with E-state index < -0.39 is 0 Å². The van der Waals surface area contributed by atoms with Crippen LogP contribution in [0.5, 0.6) is 0 Å². The van der Waals surface area contributed by atoms with Crippen LogP contribution in [-0.2, 0) is 0 Å². The molecule has 0 unspecified atom stereocenters. The summed E-state index contributed by atoms with van der Waals surface area (Å²) in [5.41, 5.74) is 0. The summed E-state index contributed by atoms with van der Waals surface area (Å²) < 4.78 is 0. The van der Waals surface area contributed by atoms with Crippen molar-refractivity contribution in [3.8, 4) is 0 Å². The largest absolute Gasteiger partial charge is 0.363 e. The fraction of sp³-hybridized carbons (Fsp3) is 0.889. The van der Waals surface area contributed by atoms with Gasteiger partial charge in [-0.1, -0.05) is 53.4 Å². The highest BCUT2D eigenvalue weighted by molar-refractivity contribution is 7.80. The van der Waals surface area contributed by atoms with Crippen LogP contribution in [-0.4, -0.2) is 36.4 Å². The van der Waals surface area contributed by atoms with Gasteiger partial charge < -0.3 is 21.3 Å². The SMILES string of the molecule is CCCCNC(=S)NCCCC.CCCCNC(=S)NCCCC. The van der Waals surface area contributed by atoms with Crippen LogP contribution in [0.25, 0.3) is 0 Å². The highest BCUT2D eigenvalue weighted by Gasteiger charge is 1.92. The third kappa shape index (κ3) is 23.6. The van der Waals surface area contributed by atoms with Gasteiger partial charge in [0.15, 0.2) is 10.2 Å². The fourth-order valence-corrected chi connectivity index (χ4v) is 2.05. The Labute approximate surface area is 161 Å². The van der Waals surface area contributed by atoms with E-state index in [1.165, 1.54) is 51.4 Å². The lowest BCUT2D eigenvalue weighted by atomic mass is 10.3. The first-order chi connectivity index (χ1) is 11.6. The van der Waals surface area contributed by atoms with Gasteiger partial charge in [-0.15, -0.1) is 0 Å². The quantitative estimate of drug-likeness (QED) is 0.304. The summed E-state index contributed by atoms with van der Waals surface area (Å²) in [4.78, 5) is 0. The predicted molar refractivity (Wildman–Crippen MR) is 117 cm³/mol. The van der Waals surface area contributed by atoms with Gasteiger partial charge in [0, 0.05) is 26.2 Å². The molecule has 24 heavy (non-hydrogen) atoms. The first-order valence-electron chi connectivity index (χ1n) is 9.65. The average molecular weight is 377 g/mol. The van der Waals surface area contributed by atoms with Crippen molar-refractivity contribution < 1.29 is 0 Å². The van der Waals surface area contributed by atoms with Crippen molar-refractivity contribution in [3.63, 3.8) is 0 Å². The Morgan fingerprint density at radius 2 is 0.708 bits per heavy atom. The molecule has 0 bridgehead atoms. The summed E-state index contributed by atoms with van der Waals surface area (Å²) in [6.07, 6.45) is 9.61. The average Bonchev–Trinajstić information content (AvgIpc) is 2.56. The lowest BCUT2D eigenvalue weighted by molar-refractivity contribution is 0.715. The summed E-state index contributed by atoms with van der Waals surface area (Å²) >= 11 is 10.1. The molecule has 4 nitrogen and oxygen atoms in total. The number of hydrogen-bond donors (Lipinski definition) is 4. The second-order valence-corrected chi connectivity index (χ2v) is 6.60. The van der Waals surface area contributed by atoms with Crippen molar-refractivity contribution >= 4 is 34.7 Å². The van der Waals surface area contributed by atoms with Crippen molar-refractivity contribution in [1.82, 2.24) is 21.3 Å². The van der Waals surface area contributed by atoms with Crippen molar-refractivity contribution in [2.45, 2.75) is 79.1 Å². The second-order valence-electron chi connectivity index (χ2n) is 5.78. The van der Waals surface area contributed by atoms with Crippen molar-refractivity contribution in [2.75, 3.05) is 26.2 Å². The van der Waals surface area contributed by atoms with Crippen molar-refractivity contribution in [3.05, 3.63) is 0 Å². The number of nitrogens with one attached hydrogen (secondary N) is 4. The molecule has 0 amide bonds. The normalized spacial score (nSPS) is 9.50. The molecule has 0 radical (unpaired) electrons. The van der Waals surface area contributed by atoms with Gasteiger partial charge in [0.25, 0.3) is 0 Å². The van der Waals surface area contributed by atoms with Gasteiger partial charge in [0.2, 0.25) is 0 Å². The van der Waals surface area contributed by atoms with Crippen LogP contribution in [0.15, 0.2) is 0 Å². The summed E-state index contributed by atoms with van der Waals surface area (Å²) in [6, 6.07) is 0. The number of thiocarbonyl (C=S) groups is 2. The standard InChI is InChI=1S/2C9H20N2S/c2*1-3-5-7-10-9(12)11-8-6-4-2/h2*3-8H2,1-2H3,(H2,10,11,12). The molecule has 144 valence electrons. The van der Waals surface area contributed by atoms with Crippen LogP contribution in [0.3, 0.4) is 0 Å². The van der Waals surface area contributed by atoms with E-state index in [-0.39, 0.29) is 0 Å². The van der Waals surface area contributed by atoms with Gasteiger partial charge in [-0.2, -0.15) is 0 Å². The van der Waals surface area contributed by atoms with E-state index in [9.17, 15) is 0 Å². The highest BCUT2D eigenvalue weighted by Crippen LogP contribution is 1.85. The zero-order valence-electron chi connectivity index (χ0n) is 16.3. The Hall–Kier alpha value is -0.620. The van der Waals surface area contributed by atoms with Crippen LogP contribution in [0, 0.1) is 0 Å². The Morgan fingerprint density at radius 3 is 0.875 bits per heavy atom. The number of hydrogen-bond acceptors (Lipinski definition) is 2. The first-order valence-corrected chi connectivity index (χ1v) is 10.5. The molecule has 0 spiro atoms. The Bertz CT molecular complexity index is 234. The van der Waals surface area contributed by atoms with E-state index in [1.807, 2.05) is 0 Å². The van der Waals surface area contributed by atoms with E-state index in [1.54, 1.807) is 0 Å². The molecule has 0 fully saturated rings. The predicted octanol–water partition coefficient (Wildman–Crippen LogP) is 4.10. The molecule has 0 heterocycles.